The first-order chi connectivity index (χ1) is 21.0. The Kier molecular flexibility index (Phi) is 33.6. The van der Waals surface area contributed by atoms with Gasteiger partial charge in [-0.2, -0.15) is 0 Å². The molecule has 258 valence electrons. The van der Waals surface area contributed by atoms with Crippen molar-refractivity contribution in [2.45, 2.75) is 58.7 Å². The third kappa shape index (κ3) is 39.3. The molecular weight excluding hydrogens is 580 g/mol. The van der Waals surface area contributed by atoms with Crippen LogP contribution in [0.3, 0.4) is 0 Å². The molecule has 0 aromatic rings. The summed E-state index contributed by atoms with van der Waals surface area (Å²) in [4.78, 5) is 11.5. The molecule has 0 amide bonds. The Morgan fingerprint density at radius 2 is 0.721 bits per heavy atom. The highest BCUT2D eigenvalue weighted by Crippen LogP contribution is 2.03. The number of esters is 1. The second-order valence-electron chi connectivity index (χ2n) is 10.5. The van der Waals surface area contributed by atoms with Gasteiger partial charge in [-0.25, -0.2) is 0 Å². The molecule has 0 unspecified atom stereocenters. The predicted molar refractivity (Wildman–Crippen MR) is 166 cm³/mol. The molecule has 0 aromatic carbocycles. The zero-order valence-corrected chi connectivity index (χ0v) is 28.6. The Morgan fingerprint density at radius 1 is 0.419 bits per heavy atom. The number of carbonyl (C=O) groups excluding carboxylic acids is 1. The van der Waals surface area contributed by atoms with Gasteiger partial charge in [-0.1, -0.05) is 26.2 Å². The van der Waals surface area contributed by atoms with Crippen molar-refractivity contribution in [1.29, 1.82) is 0 Å². The number of hydrogen-bond donors (Lipinski definition) is 0. The second kappa shape index (κ2) is 34.2. The van der Waals surface area contributed by atoms with E-state index in [0.29, 0.717) is 132 Å². The molecular formula is C30H62O12Si. The van der Waals surface area contributed by atoms with Crippen LogP contribution in [-0.2, 0) is 56.6 Å². The molecule has 12 nitrogen and oxygen atoms in total. The number of hydrogen-bond acceptors (Lipinski definition) is 12. The SMILES string of the molecule is CCCCCCC(=O)OCCOCCOCCOCCOCCOCCOCCOCCOCCOCCO[Si](C)(C)C. The topological polar surface area (TPSA) is 119 Å². The molecule has 0 saturated heterocycles. The van der Waals surface area contributed by atoms with E-state index < -0.39 is 8.32 Å². The van der Waals surface area contributed by atoms with Gasteiger partial charge in [-0.15, -0.1) is 0 Å². The van der Waals surface area contributed by atoms with Crippen LogP contribution in [0.2, 0.25) is 19.6 Å². The quantitative estimate of drug-likeness (QED) is 0.0565. The lowest BCUT2D eigenvalue weighted by Crippen LogP contribution is -2.27. The zero-order chi connectivity index (χ0) is 31.5. The average molecular weight is 643 g/mol. The van der Waals surface area contributed by atoms with Crippen LogP contribution in [0, 0.1) is 0 Å². The van der Waals surface area contributed by atoms with Crippen molar-refractivity contribution < 1.29 is 56.6 Å². The smallest absolute Gasteiger partial charge is 0.305 e. The molecule has 13 heteroatoms. The summed E-state index contributed by atoms with van der Waals surface area (Å²) in [6.07, 6.45) is 4.77. The van der Waals surface area contributed by atoms with Gasteiger partial charge in [0.05, 0.1) is 126 Å². The van der Waals surface area contributed by atoms with E-state index in [9.17, 15) is 4.79 Å². The normalized spacial score (nSPS) is 11.8. The van der Waals surface area contributed by atoms with E-state index in [4.69, 9.17) is 51.8 Å². The molecule has 0 bridgehead atoms. The van der Waals surface area contributed by atoms with Crippen LogP contribution in [0.25, 0.3) is 0 Å². The summed E-state index contributed by atoms with van der Waals surface area (Å²) in [7, 11) is -1.45. The molecule has 43 heavy (non-hydrogen) atoms. The maximum Gasteiger partial charge on any atom is 0.305 e. The Morgan fingerprint density at radius 3 is 1.02 bits per heavy atom. The third-order valence-electron chi connectivity index (χ3n) is 5.46. The van der Waals surface area contributed by atoms with E-state index in [1.54, 1.807) is 0 Å². The van der Waals surface area contributed by atoms with E-state index in [1.165, 1.54) is 0 Å². The van der Waals surface area contributed by atoms with Gasteiger partial charge in [0.15, 0.2) is 8.32 Å². The lowest BCUT2D eigenvalue weighted by Gasteiger charge is -2.16. The van der Waals surface area contributed by atoms with E-state index in [0.717, 1.165) is 25.7 Å². The Hall–Kier alpha value is -0.713. The predicted octanol–water partition coefficient (Wildman–Crippen LogP) is 3.50. The summed E-state index contributed by atoms with van der Waals surface area (Å²) in [5.41, 5.74) is 0. The van der Waals surface area contributed by atoms with Gasteiger partial charge in [0.2, 0.25) is 0 Å². The molecule has 0 radical (unpaired) electrons. The Bertz CT molecular complexity index is 566. The molecule has 0 heterocycles. The summed E-state index contributed by atoms with van der Waals surface area (Å²) in [6.45, 7) is 18.7. The van der Waals surface area contributed by atoms with Gasteiger partial charge < -0.3 is 51.8 Å². The molecule has 0 rings (SSSR count). The number of unbranched alkanes of at least 4 members (excludes halogenated alkanes) is 3. The maximum atomic E-state index is 11.5. The summed E-state index contributed by atoms with van der Waals surface area (Å²) in [5.74, 6) is -0.150. The van der Waals surface area contributed by atoms with Crippen molar-refractivity contribution >= 4 is 14.3 Å². The molecule has 0 aliphatic heterocycles. The van der Waals surface area contributed by atoms with E-state index in [2.05, 4.69) is 26.6 Å². The number of rotatable bonds is 36. The van der Waals surface area contributed by atoms with Crippen LogP contribution in [-0.4, -0.2) is 146 Å². The lowest BCUT2D eigenvalue weighted by molar-refractivity contribution is -0.145. The van der Waals surface area contributed by atoms with Gasteiger partial charge in [0, 0.05) is 6.42 Å². The van der Waals surface area contributed by atoms with Crippen molar-refractivity contribution in [2.24, 2.45) is 0 Å². The lowest BCUT2D eigenvalue weighted by atomic mass is 10.2. The summed E-state index contributed by atoms with van der Waals surface area (Å²) in [5, 5.41) is 0. The monoisotopic (exact) mass is 642 g/mol. The molecule has 0 saturated carbocycles. The standard InChI is InChI=1S/C30H62O12Si/c1-5-6-7-8-9-30(31)41-28-26-39-24-22-37-20-18-35-16-14-33-12-10-32-11-13-34-15-17-36-19-21-38-23-25-40-27-29-42-43(2,3)4/h5-29H2,1-4H3. The van der Waals surface area contributed by atoms with Crippen LogP contribution < -0.4 is 0 Å². The van der Waals surface area contributed by atoms with E-state index in [-0.39, 0.29) is 12.6 Å². The maximum absolute atomic E-state index is 11.5. The van der Waals surface area contributed by atoms with Gasteiger partial charge in [-0.3, -0.25) is 4.79 Å². The highest BCUT2D eigenvalue weighted by Gasteiger charge is 2.13. The molecule has 0 N–H and O–H groups in total. The van der Waals surface area contributed by atoms with Crippen molar-refractivity contribution in [3.63, 3.8) is 0 Å². The van der Waals surface area contributed by atoms with Gasteiger partial charge in [0.1, 0.15) is 6.61 Å². The summed E-state index contributed by atoms with van der Waals surface area (Å²) >= 11 is 0. The molecule has 0 aliphatic rings. The molecule has 0 atom stereocenters. The van der Waals surface area contributed by atoms with Crippen LogP contribution in [0.1, 0.15) is 39.0 Å². The van der Waals surface area contributed by atoms with Gasteiger partial charge in [0.25, 0.3) is 0 Å². The van der Waals surface area contributed by atoms with Crippen molar-refractivity contribution in [2.75, 3.05) is 132 Å². The van der Waals surface area contributed by atoms with Crippen molar-refractivity contribution in [1.82, 2.24) is 0 Å². The van der Waals surface area contributed by atoms with Gasteiger partial charge >= 0.3 is 5.97 Å². The average Bonchev–Trinajstić information content (AvgIpc) is 2.97. The van der Waals surface area contributed by atoms with Crippen LogP contribution in [0.4, 0.5) is 0 Å². The van der Waals surface area contributed by atoms with Gasteiger partial charge in [-0.05, 0) is 26.1 Å². The van der Waals surface area contributed by atoms with E-state index in [1.807, 2.05) is 0 Å². The first-order valence-corrected chi connectivity index (χ1v) is 19.4. The fraction of sp³-hybridized carbons (Fsp3) is 0.967. The molecule has 0 aromatic heterocycles. The highest BCUT2D eigenvalue weighted by molar-refractivity contribution is 6.69. The Labute approximate surface area is 261 Å². The molecule has 0 fully saturated rings. The van der Waals surface area contributed by atoms with Crippen LogP contribution >= 0.6 is 0 Å². The van der Waals surface area contributed by atoms with Crippen molar-refractivity contribution in [3.05, 3.63) is 0 Å². The summed E-state index contributed by atoms with van der Waals surface area (Å²) in [6, 6.07) is 0. The minimum Gasteiger partial charge on any atom is -0.463 e. The Balaban J connectivity index is 3.10. The first-order valence-electron chi connectivity index (χ1n) is 15.9. The summed E-state index contributed by atoms with van der Waals surface area (Å²) < 4.78 is 59.9. The van der Waals surface area contributed by atoms with E-state index >= 15 is 0 Å². The first kappa shape index (κ1) is 42.3. The number of ether oxygens (including phenoxy) is 10. The highest BCUT2D eigenvalue weighted by atomic mass is 28.4. The van der Waals surface area contributed by atoms with Crippen molar-refractivity contribution in [3.8, 4) is 0 Å². The number of carbonyl (C=O) groups is 1. The minimum absolute atomic E-state index is 0.150. The third-order valence-corrected chi connectivity index (χ3v) is 6.53. The molecule has 0 spiro atoms. The van der Waals surface area contributed by atoms with Crippen LogP contribution in [0.15, 0.2) is 0 Å². The largest absolute Gasteiger partial charge is 0.463 e. The zero-order valence-electron chi connectivity index (χ0n) is 27.6. The van der Waals surface area contributed by atoms with Crippen LogP contribution in [0.5, 0.6) is 0 Å². The fourth-order valence-electron chi connectivity index (χ4n) is 3.25. The second-order valence-corrected chi connectivity index (χ2v) is 15.0. The fourth-order valence-corrected chi connectivity index (χ4v) is 3.95. The molecule has 0 aliphatic carbocycles. The minimum atomic E-state index is -1.45.